The number of nitrogens with two attached hydrogens (primary N) is 1. The molecule has 0 aliphatic carbocycles. The molecule has 1 atom stereocenters. The fourth-order valence-electron chi connectivity index (χ4n) is 1.78. The number of hydrogen-bond donors (Lipinski definition) is 1. The minimum Gasteiger partial charge on any atom is -0.487 e. The van der Waals surface area contributed by atoms with Gasteiger partial charge in [0.25, 0.3) is 0 Å². The first kappa shape index (κ1) is 15.3. The largest absolute Gasteiger partial charge is 0.487 e. The van der Waals surface area contributed by atoms with Gasteiger partial charge in [0.2, 0.25) is 0 Å². The Labute approximate surface area is 133 Å². The zero-order chi connectivity index (χ0) is 14.4. The summed E-state index contributed by atoms with van der Waals surface area (Å²) in [4.78, 5) is 4.39. The molecule has 0 fully saturated rings. The van der Waals surface area contributed by atoms with Crippen LogP contribution in [0, 0.1) is 3.57 Å². The second-order valence-electron chi connectivity index (χ2n) is 4.77. The molecule has 0 spiro atoms. The number of halogens is 1. The van der Waals surface area contributed by atoms with Crippen LogP contribution in [0.1, 0.15) is 24.6 Å². The lowest BCUT2D eigenvalue weighted by Gasteiger charge is -2.09. The van der Waals surface area contributed by atoms with Crippen molar-refractivity contribution in [3.8, 4) is 5.75 Å². The molecule has 2 aromatic rings. The van der Waals surface area contributed by atoms with Crippen molar-refractivity contribution in [3.63, 3.8) is 0 Å². The number of hydrogen-bond acceptors (Lipinski definition) is 3. The Balaban J connectivity index is 1.89. The number of nitrogens with zero attached hydrogens (tertiary/aromatic N) is 1. The van der Waals surface area contributed by atoms with Crippen LogP contribution < -0.4 is 10.5 Å². The molecule has 0 aliphatic rings. The van der Waals surface area contributed by atoms with E-state index < -0.39 is 0 Å². The van der Waals surface area contributed by atoms with Gasteiger partial charge in [-0.1, -0.05) is 19.1 Å². The highest BCUT2D eigenvalue weighted by Crippen LogP contribution is 2.14. The highest BCUT2D eigenvalue weighted by molar-refractivity contribution is 14.1. The van der Waals surface area contributed by atoms with Crippen molar-refractivity contribution in [1.29, 1.82) is 0 Å². The molecule has 0 saturated heterocycles. The molecule has 0 aliphatic heterocycles. The van der Waals surface area contributed by atoms with E-state index in [4.69, 9.17) is 10.5 Å². The first-order valence-corrected chi connectivity index (χ1v) is 7.83. The van der Waals surface area contributed by atoms with Crippen LogP contribution in [-0.4, -0.2) is 11.0 Å². The van der Waals surface area contributed by atoms with E-state index in [1.54, 1.807) is 6.20 Å². The molecule has 3 nitrogen and oxygen atoms in total. The standard InChI is InChI=1S/C16H19IN2O/c1-2-14(18)9-15-7-8-16(10-19-15)20-11-12-3-5-13(17)6-4-12/h3-8,10,14H,2,9,11,18H2,1H3. The minimum absolute atomic E-state index is 0.182. The molecule has 0 radical (unpaired) electrons. The highest BCUT2D eigenvalue weighted by Gasteiger charge is 2.03. The summed E-state index contributed by atoms with van der Waals surface area (Å²) in [5.74, 6) is 0.789. The van der Waals surface area contributed by atoms with E-state index in [0.717, 1.165) is 29.8 Å². The van der Waals surface area contributed by atoms with Crippen molar-refractivity contribution in [1.82, 2.24) is 4.98 Å². The predicted molar refractivity (Wildman–Crippen MR) is 89.7 cm³/mol. The molecule has 0 amide bonds. The van der Waals surface area contributed by atoms with E-state index >= 15 is 0 Å². The quantitative estimate of drug-likeness (QED) is 0.778. The minimum atomic E-state index is 0.182. The molecule has 2 rings (SSSR count). The van der Waals surface area contributed by atoms with Gasteiger partial charge in [0.15, 0.2) is 0 Å². The first-order chi connectivity index (χ1) is 9.67. The summed E-state index contributed by atoms with van der Waals surface area (Å²) in [6.45, 7) is 2.65. The molecule has 1 aromatic carbocycles. The van der Waals surface area contributed by atoms with Gasteiger partial charge in [-0.05, 0) is 58.8 Å². The number of ether oxygens (including phenoxy) is 1. The number of rotatable bonds is 6. The molecule has 2 N–H and O–H groups in total. The molecular weight excluding hydrogens is 363 g/mol. The normalized spacial score (nSPS) is 12.2. The maximum Gasteiger partial charge on any atom is 0.138 e. The maximum atomic E-state index is 5.92. The Morgan fingerprint density at radius 1 is 1.20 bits per heavy atom. The van der Waals surface area contributed by atoms with E-state index in [-0.39, 0.29) is 6.04 Å². The zero-order valence-corrected chi connectivity index (χ0v) is 13.7. The summed E-state index contributed by atoms with van der Waals surface area (Å²) in [6.07, 6.45) is 3.55. The summed E-state index contributed by atoms with van der Waals surface area (Å²) < 4.78 is 6.95. The van der Waals surface area contributed by atoms with E-state index in [2.05, 4.69) is 58.8 Å². The first-order valence-electron chi connectivity index (χ1n) is 6.75. The SMILES string of the molecule is CCC(N)Cc1ccc(OCc2ccc(I)cc2)cn1. The van der Waals surface area contributed by atoms with E-state index in [1.807, 2.05) is 12.1 Å². The van der Waals surface area contributed by atoms with Crippen molar-refractivity contribution in [3.05, 3.63) is 57.4 Å². The topological polar surface area (TPSA) is 48.1 Å². The van der Waals surface area contributed by atoms with Crippen LogP contribution in [0.3, 0.4) is 0 Å². The summed E-state index contributed by atoms with van der Waals surface area (Å²) in [5, 5.41) is 0. The molecule has 0 saturated carbocycles. The fourth-order valence-corrected chi connectivity index (χ4v) is 2.14. The Bertz CT molecular complexity index is 525. The summed E-state index contributed by atoms with van der Waals surface area (Å²) in [7, 11) is 0. The van der Waals surface area contributed by atoms with Crippen LogP contribution in [0.15, 0.2) is 42.6 Å². The van der Waals surface area contributed by atoms with Crippen molar-refractivity contribution in [2.24, 2.45) is 5.73 Å². The van der Waals surface area contributed by atoms with Crippen LogP contribution in [0.4, 0.5) is 0 Å². The van der Waals surface area contributed by atoms with Crippen molar-refractivity contribution < 1.29 is 4.74 Å². The van der Waals surface area contributed by atoms with E-state index in [9.17, 15) is 0 Å². The van der Waals surface area contributed by atoms with Crippen molar-refractivity contribution in [2.75, 3.05) is 0 Å². The van der Waals surface area contributed by atoms with Crippen LogP contribution in [0.5, 0.6) is 5.75 Å². The number of pyridine rings is 1. The van der Waals surface area contributed by atoms with Crippen LogP contribution in [0.25, 0.3) is 0 Å². The highest BCUT2D eigenvalue weighted by atomic mass is 127. The van der Waals surface area contributed by atoms with Gasteiger partial charge in [-0.3, -0.25) is 4.98 Å². The molecule has 4 heteroatoms. The van der Waals surface area contributed by atoms with Gasteiger partial charge in [-0.2, -0.15) is 0 Å². The van der Waals surface area contributed by atoms with Crippen LogP contribution in [0.2, 0.25) is 0 Å². The average Bonchev–Trinajstić information content (AvgIpc) is 2.48. The molecular formula is C16H19IN2O. The fraction of sp³-hybridized carbons (Fsp3) is 0.312. The lowest BCUT2D eigenvalue weighted by Crippen LogP contribution is -2.21. The Hall–Kier alpha value is -1.14. The maximum absolute atomic E-state index is 5.92. The lowest BCUT2D eigenvalue weighted by molar-refractivity contribution is 0.304. The Kier molecular flexibility index (Phi) is 5.79. The van der Waals surface area contributed by atoms with Crippen LogP contribution >= 0.6 is 22.6 Å². The van der Waals surface area contributed by atoms with Gasteiger partial charge in [-0.15, -0.1) is 0 Å². The van der Waals surface area contributed by atoms with Gasteiger partial charge >= 0.3 is 0 Å². The van der Waals surface area contributed by atoms with E-state index in [0.29, 0.717) is 6.61 Å². The van der Waals surface area contributed by atoms with Gasteiger partial charge in [0, 0.05) is 21.7 Å². The second-order valence-corrected chi connectivity index (χ2v) is 6.02. The molecule has 1 heterocycles. The van der Waals surface area contributed by atoms with Gasteiger partial charge in [0.05, 0.1) is 6.20 Å². The molecule has 0 bridgehead atoms. The third kappa shape index (κ3) is 4.76. The van der Waals surface area contributed by atoms with Gasteiger partial charge in [0.1, 0.15) is 12.4 Å². The molecule has 1 aromatic heterocycles. The monoisotopic (exact) mass is 382 g/mol. The number of aromatic nitrogens is 1. The summed E-state index contributed by atoms with van der Waals surface area (Å²) in [6, 6.07) is 12.4. The van der Waals surface area contributed by atoms with E-state index in [1.165, 1.54) is 3.57 Å². The molecule has 1 unspecified atom stereocenters. The predicted octanol–water partition coefficient (Wildman–Crippen LogP) is 3.55. The Morgan fingerprint density at radius 3 is 2.55 bits per heavy atom. The Morgan fingerprint density at radius 2 is 1.95 bits per heavy atom. The molecule has 106 valence electrons. The van der Waals surface area contributed by atoms with Crippen molar-refractivity contribution in [2.45, 2.75) is 32.4 Å². The number of benzene rings is 1. The third-order valence-electron chi connectivity index (χ3n) is 3.11. The van der Waals surface area contributed by atoms with Crippen molar-refractivity contribution >= 4 is 22.6 Å². The van der Waals surface area contributed by atoms with Gasteiger partial charge < -0.3 is 10.5 Å². The lowest BCUT2D eigenvalue weighted by atomic mass is 10.1. The molecule has 20 heavy (non-hydrogen) atoms. The zero-order valence-electron chi connectivity index (χ0n) is 11.6. The smallest absolute Gasteiger partial charge is 0.138 e. The average molecular weight is 382 g/mol. The van der Waals surface area contributed by atoms with Gasteiger partial charge in [-0.25, -0.2) is 0 Å². The third-order valence-corrected chi connectivity index (χ3v) is 3.83. The van der Waals surface area contributed by atoms with Crippen LogP contribution in [-0.2, 0) is 13.0 Å². The summed E-state index contributed by atoms with van der Waals surface area (Å²) in [5.41, 5.74) is 8.09. The second kappa shape index (κ2) is 7.59. The summed E-state index contributed by atoms with van der Waals surface area (Å²) >= 11 is 2.29.